The Morgan fingerprint density at radius 2 is 2.29 bits per heavy atom. The fraction of sp³-hybridized carbons (Fsp3) is 0.556. The molecule has 2 aliphatic heterocycles. The Kier molecular flexibility index (Phi) is 5.18. The van der Waals surface area contributed by atoms with E-state index in [9.17, 15) is 0 Å². The molecule has 6 heteroatoms. The molecule has 3 atom stereocenters. The molecule has 2 aromatic heterocycles. The van der Waals surface area contributed by atoms with Crippen molar-refractivity contribution >= 4 is 11.3 Å². The Morgan fingerprint density at radius 3 is 3.12 bits per heavy atom. The van der Waals surface area contributed by atoms with E-state index in [0.717, 1.165) is 31.5 Å². The lowest BCUT2D eigenvalue weighted by atomic mass is 9.99. The van der Waals surface area contributed by atoms with Crippen LogP contribution < -0.4 is 0 Å². The minimum absolute atomic E-state index is 0.225. The molecule has 0 unspecified atom stereocenters. The van der Waals surface area contributed by atoms with E-state index in [0.29, 0.717) is 25.4 Å². The maximum atomic E-state index is 6.30. The second-order valence-electron chi connectivity index (χ2n) is 6.50. The smallest absolute Gasteiger partial charge is 0.107 e. The van der Waals surface area contributed by atoms with Crippen LogP contribution in [0.3, 0.4) is 0 Å². The molecule has 128 valence electrons. The summed E-state index contributed by atoms with van der Waals surface area (Å²) in [7, 11) is 0. The molecule has 0 aromatic carbocycles. The molecular weight excluding hydrogens is 322 g/mol. The van der Waals surface area contributed by atoms with Crippen LogP contribution in [-0.2, 0) is 22.6 Å². The molecule has 2 aromatic rings. The van der Waals surface area contributed by atoms with E-state index in [2.05, 4.69) is 20.2 Å². The molecule has 24 heavy (non-hydrogen) atoms. The predicted octanol–water partition coefficient (Wildman–Crippen LogP) is 2.88. The monoisotopic (exact) mass is 345 g/mol. The summed E-state index contributed by atoms with van der Waals surface area (Å²) in [5.41, 5.74) is 1.11. The van der Waals surface area contributed by atoms with Gasteiger partial charge in [-0.3, -0.25) is 9.88 Å². The first-order valence-electron chi connectivity index (χ1n) is 8.63. The summed E-state index contributed by atoms with van der Waals surface area (Å²) in [6, 6.07) is 4.53. The Labute approximate surface area is 146 Å². The molecule has 2 aliphatic rings. The Bertz CT molecular complexity index is 622. The zero-order valence-corrected chi connectivity index (χ0v) is 14.5. The van der Waals surface area contributed by atoms with E-state index >= 15 is 0 Å². The van der Waals surface area contributed by atoms with Gasteiger partial charge < -0.3 is 9.47 Å². The van der Waals surface area contributed by atoms with Crippen LogP contribution in [-0.4, -0.2) is 46.3 Å². The molecule has 0 spiro atoms. The summed E-state index contributed by atoms with van der Waals surface area (Å²) < 4.78 is 12.1. The van der Waals surface area contributed by atoms with Crippen molar-refractivity contribution in [2.45, 2.75) is 50.7 Å². The van der Waals surface area contributed by atoms with Gasteiger partial charge in [0.05, 0.1) is 32.0 Å². The predicted molar refractivity (Wildman–Crippen MR) is 92.7 cm³/mol. The maximum Gasteiger partial charge on any atom is 0.107 e. The third-order valence-corrected chi connectivity index (χ3v) is 5.63. The van der Waals surface area contributed by atoms with Crippen molar-refractivity contribution in [3.05, 3.63) is 46.7 Å². The lowest BCUT2D eigenvalue weighted by Gasteiger charge is -2.35. The van der Waals surface area contributed by atoms with Gasteiger partial charge >= 0.3 is 0 Å². The Morgan fingerprint density at radius 1 is 1.29 bits per heavy atom. The second-order valence-corrected chi connectivity index (χ2v) is 7.48. The van der Waals surface area contributed by atoms with Crippen molar-refractivity contribution in [2.24, 2.45) is 0 Å². The van der Waals surface area contributed by atoms with Gasteiger partial charge in [-0.05, 0) is 30.9 Å². The van der Waals surface area contributed by atoms with Crippen LogP contribution >= 0.6 is 11.3 Å². The number of thiazole rings is 1. The standard InChI is InChI=1S/C18H23N3O2S/c1-2-14(10-19-6-1)12-22-13-15-3-4-16-17(23-15)5-8-21(16)11-18-20-7-9-24-18/h1-2,6-7,9-10,15-17H,3-5,8,11-13H2/t15-,16+,17+/m0/s1. The molecule has 0 amide bonds. The van der Waals surface area contributed by atoms with Crippen molar-refractivity contribution in [3.8, 4) is 0 Å². The molecule has 0 saturated carbocycles. The van der Waals surface area contributed by atoms with E-state index in [4.69, 9.17) is 9.47 Å². The third-order valence-electron chi connectivity index (χ3n) is 4.87. The zero-order valence-electron chi connectivity index (χ0n) is 13.7. The number of likely N-dealkylation sites (tertiary alicyclic amines) is 1. The van der Waals surface area contributed by atoms with Gasteiger partial charge in [-0.25, -0.2) is 4.98 Å². The number of fused-ring (bicyclic) bond motifs is 1. The maximum absolute atomic E-state index is 6.30. The SMILES string of the molecule is c1cncc(COC[C@@H]2CC[C@@H]3[C@@H](CCN3Cc3nccs3)O2)c1. The molecule has 2 fully saturated rings. The second kappa shape index (κ2) is 7.70. The van der Waals surface area contributed by atoms with Crippen molar-refractivity contribution < 1.29 is 9.47 Å². The van der Waals surface area contributed by atoms with Gasteiger partial charge in [0.2, 0.25) is 0 Å². The quantitative estimate of drug-likeness (QED) is 0.806. The molecule has 4 heterocycles. The van der Waals surface area contributed by atoms with Crippen LogP contribution in [0.2, 0.25) is 0 Å². The first-order chi connectivity index (χ1) is 11.9. The molecule has 0 bridgehead atoms. The number of nitrogens with zero attached hydrogens (tertiary/aromatic N) is 3. The van der Waals surface area contributed by atoms with Gasteiger partial charge in [0.25, 0.3) is 0 Å². The minimum Gasteiger partial charge on any atom is -0.374 e. The Hall–Kier alpha value is -1.34. The van der Waals surface area contributed by atoms with E-state index < -0.39 is 0 Å². The average molecular weight is 345 g/mol. The van der Waals surface area contributed by atoms with Gasteiger partial charge in [-0.15, -0.1) is 11.3 Å². The normalized spacial score (nSPS) is 27.2. The number of pyridine rings is 1. The lowest BCUT2D eigenvalue weighted by Crippen LogP contribution is -2.43. The molecule has 4 rings (SSSR count). The summed E-state index contributed by atoms with van der Waals surface area (Å²) in [5, 5.41) is 3.26. The van der Waals surface area contributed by atoms with E-state index in [1.165, 1.54) is 11.4 Å². The van der Waals surface area contributed by atoms with E-state index in [1.807, 2.05) is 24.5 Å². The first-order valence-corrected chi connectivity index (χ1v) is 9.51. The topological polar surface area (TPSA) is 47.5 Å². The highest BCUT2D eigenvalue weighted by Gasteiger charge is 2.39. The van der Waals surface area contributed by atoms with E-state index in [1.54, 1.807) is 17.5 Å². The summed E-state index contributed by atoms with van der Waals surface area (Å²) in [5.74, 6) is 0. The van der Waals surface area contributed by atoms with Crippen LogP contribution in [0.1, 0.15) is 29.8 Å². The average Bonchev–Trinajstić information content (AvgIpc) is 3.26. The van der Waals surface area contributed by atoms with Crippen LogP contribution in [0.4, 0.5) is 0 Å². The fourth-order valence-corrected chi connectivity index (χ4v) is 4.34. The highest BCUT2D eigenvalue weighted by Crippen LogP contribution is 2.32. The summed E-state index contributed by atoms with van der Waals surface area (Å²) in [4.78, 5) is 11.1. The summed E-state index contributed by atoms with van der Waals surface area (Å²) in [6.45, 7) is 3.35. The number of hydrogen-bond donors (Lipinski definition) is 0. The van der Waals surface area contributed by atoms with Crippen LogP contribution in [0.5, 0.6) is 0 Å². The molecule has 2 saturated heterocycles. The highest BCUT2D eigenvalue weighted by atomic mass is 32.1. The van der Waals surface area contributed by atoms with Crippen molar-refractivity contribution in [1.29, 1.82) is 0 Å². The van der Waals surface area contributed by atoms with Gasteiger partial charge in [0.15, 0.2) is 0 Å². The van der Waals surface area contributed by atoms with Crippen molar-refractivity contribution in [3.63, 3.8) is 0 Å². The molecular formula is C18H23N3O2S. The van der Waals surface area contributed by atoms with Crippen molar-refractivity contribution in [2.75, 3.05) is 13.2 Å². The summed E-state index contributed by atoms with van der Waals surface area (Å²) in [6.07, 6.45) is 9.49. The third kappa shape index (κ3) is 3.83. The fourth-order valence-electron chi connectivity index (χ4n) is 3.70. The van der Waals surface area contributed by atoms with Gasteiger partial charge in [0.1, 0.15) is 5.01 Å². The number of ether oxygens (including phenoxy) is 2. The highest BCUT2D eigenvalue weighted by molar-refractivity contribution is 7.09. The minimum atomic E-state index is 0.225. The molecule has 0 aliphatic carbocycles. The zero-order chi connectivity index (χ0) is 16.2. The Balaban J connectivity index is 1.23. The van der Waals surface area contributed by atoms with Gasteiger partial charge in [-0.1, -0.05) is 6.07 Å². The molecule has 0 radical (unpaired) electrons. The van der Waals surface area contributed by atoms with Gasteiger partial charge in [-0.2, -0.15) is 0 Å². The summed E-state index contributed by atoms with van der Waals surface area (Å²) >= 11 is 1.74. The number of hydrogen-bond acceptors (Lipinski definition) is 6. The number of aromatic nitrogens is 2. The largest absolute Gasteiger partial charge is 0.374 e. The first kappa shape index (κ1) is 16.1. The molecule has 5 nitrogen and oxygen atoms in total. The van der Waals surface area contributed by atoms with Crippen LogP contribution in [0.25, 0.3) is 0 Å². The number of rotatable bonds is 6. The van der Waals surface area contributed by atoms with Crippen LogP contribution in [0.15, 0.2) is 36.1 Å². The van der Waals surface area contributed by atoms with E-state index in [-0.39, 0.29) is 6.10 Å². The van der Waals surface area contributed by atoms with Gasteiger partial charge in [0, 0.05) is 36.6 Å². The molecule has 0 N–H and O–H groups in total. The lowest BCUT2D eigenvalue weighted by molar-refractivity contribution is -0.102. The van der Waals surface area contributed by atoms with Crippen LogP contribution in [0, 0.1) is 0 Å². The van der Waals surface area contributed by atoms with Crippen molar-refractivity contribution in [1.82, 2.24) is 14.9 Å².